The normalized spacial score (nSPS) is 12.1. The van der Waals surface area contributed by atoms with Crippen LogP contribution in [0.4, 0.5) is 0 Å². The zero-order valence-corrected chi connectivity index (χ0v) is 11.5. The highest BCUT2D eigenvalue weighted by molar-refractivity contribution is 5.77. The summed E-state index contributed by atoms with van der Waals surface area (Å²) in [6.07, 6.45) is 3.90. The summed E-state index contributed by atoms with van der Waals surface area (Å²) in [5.41, 5.74) is 0.921. The summed E-state index contributed by atoms with van der Waals surface area (Å²) in [6, 6.07) is 9.18. The lowest BCUT2D eigenvalue weighted by Gasteiger charge is -2.16. The van der Waals surface area contributed by atoms with Gasteiger partial charge in [0.05, 0.1) is 7.11 Å². The average Bonchev–Trinajstić information content (AvgIpc) is 2.47. The number of methoxy groups -OCH3 is 1. The molecule has 0 fully saturated rings. The number of hydrogen-bond donors (Lipinski definition) is 2. The molecule has 0 saturated carbocycles. The largest absolute Gasteiger partial charge is 0.468 e. The van der Waals surface area contributed by atoms with Gasteiger partial charge in [-0.15, -0.1) is 0 Å². The maximum Gasteiger partial charge on any atom is 0.327 e. The molecule has 0 radical (unpaired) electrons. The first kappa shape index (κ1) is 15.7. The maximum atomic E-state index is 11.8. The fraction of sp³-hybridized carbons (Fsp3) is 0.533. The Hall–Kier alpha value is -1.39. The zero-order valence-electron chi connectivity index (χ0n) is 11.5. The summed E-state index contributed by atoms with van der Waals surface area (Å²) in [6.45, 7) is 1.02. The van der Waals surface area contributed by atoms with Gasteiger partial charge >= 0.3 is 5.97 Å². The van der Waals surface area contributed by atoms with Crippen LogP contribution in [-0.2, 0) is 9.53 Å². The number of esters is 1. The minimum absolute atomic E-state index is 0.252. The van der Waals surface area contributed by atoms with E-state index < -0.39 is 6.04 Å². The molecule has 0 aliphatic heterocycles. The molecule has 0 saturated heterocycles. The van der Waals surface area contributed by atoms with Crippen LogP contribution in [0.1, 0.15) is 37.3 Å². The van der Waals surface area contributed by atoms with Crippen molar-refractivity contribution in [2.75, 3.05) is 20.3 Å². The number of benzene rings is 1. The third kappa shape index (κ3) is 5.85. The number of ether oxygens (including phenoxy) is 1. The molecule has 0 heterocycles. The SMILES string of the molecule is COC(=O)C(NCCCCCCO)c1ccccc1. The third-order valence-electron chi connectivity index (χ3n) is 3.00. The average molecular weight is 265 g/mol. The highest BCUT2D eigenvalue weighted by Gasteiger charge is 2.19. The van der Waals surface area contributed by atoms with Gasteiger partial charge in [-0.2, -0.15) is 0 Å². The van der Waals surface area contributed by atoms with Crippen LogP contribution in [0.25, 0.3) is 0 Å². The van der Waals surface area contributed by atoms with Gasteiger partial charge in [-0.3, -0.25) is 0 Å². The molecule has 2 N–H and O–H groups in total. The maximum absolute atomic E-state index is 11.8. The van der Waals surface area contributed by atoms with E-state index in [9.17, 15) is 4.79 Å². The Morgan fingerprint density at radius 3 is 2.53 bits per heavy atom. The summed E-state index contributed by atoms with van der Waals surface area (Å²) in [5, 5.41) is 11.9. The molecule has 1 aromatic rings. The number of hydrogen-bond acceptors (Lipinski definition) is 4. The molecule has 1 unspecified atom stereocenters. The summed E-state index contributed by atoms with van der Waals surface area (Å²) in [5.74, 6) is -0.262. The summed E-state index contributed by atoms with van der Waals surface area (Å²) < 4.78 is 4.83. The number of carbonyl (C=O) groups is 1. The van der Waals surface area contributed by atoms with Crippen molar-refractivity contribution in [1.29, 1.82) is 0 Å². The predicted octanol–water partition coefficient (Wildman–Crippen LogP) is 2.04. The highest BCUT2D eigenvalue weighted by Crippen LogP contribution is 2.14. The second kappa shape index (κ2) is 9.53. The van der Waals surface area contributed by atoms with Crippen LogP contribution in [0.3, 0.4) is 0 Å². The fourth-order valence-electron chi connectivity index (χ4n) is 1.94. The monoisotopic (exact) mass is 265 g/mol. The van der Waals surface area contributed by atoms with Crippen LogP contribution in [0.2, 0.25) is 0 Å². The van der Waals surface area contributed by atoms with Gasteiger partial charge in [-0.1, -0.05) is 43.2 Å². The first-order valence-electron chi connectivity index (χ1n) is 6.76. The summed E-state index contributed by atoms with van der Waals surface area (Å²) in [7, 11) is 1.40. The first-order chi connectivity index (χ1) is 9.29. The Balaban J connectivity index is 2.41. The molecule has 19 heavy (non-hydrogen) atoms. The molecule has 1 aromatic carbocycles. The van der Waals surface area contributed by atoms with Gasteiger partial charge in [0.25, 0.3) is 0 Å². The van der Waals surface area contributed by atoms with Crippen molar-refractivity contribution in [3.63, 3.8) is 0 Å². The molecule has 4 heteroatoms. The number of rotatable bonds is 9. The molecule has 106 valence electrons. The van der Waals surface area contributed by atoms with Crippen molar-refractivity contribution in [2.24, 2.45) is 0 Å². The van der Waals surface area contributed by atoms with E-state index in [0.717, 1.165) is 37.8 Å². The van der Waals surface area contributed by atoms with E-state index in [1.54, 1.807) is 0 Å². The highest BCUT2D eigenvalue weighted by atomic mass is 16.5. The van der Waals surface area contributed by atoms with Crippen LogP contribution in [-0.4, -0.2) is 31.3 Å². The standard InChI is InChI=1S/C15H23NO3/c1-19-15(18)14(13-9-5-4-6-10-13)16-11-7-2-3-8-12-17/h4-6,9-10,14,16-17H,2-3,7-8,11-12H2,1H3. The van der Waals surface area contributed by atoms with Gasteiger partial charge < -0.3 is 15.2 Å². The minimum Gasteiger partial charge on any atom is -0.468 e. The minimum atomic E-state index is -0.399. The molecule has 0 spiro atoms. The lowest BCUT2D eigenvalue weighted by atomic mass is 10.1. The van der Waals surface area contributed by atoms with E-state index in [-0.39, 0.29) is 12.6 Å². The lowest BCUT2D eigenvalue weighted by Crippen LogP contribution is -2.30. The zero-order chi connectivity index (χ0) is 13.9. The van der Waals surface area contributed by atoms with Crippen LogP contribution in [0.15, 0.2) is 30.3 Å². The molecule has 1 atom stereocenters. The van der Waals surface area contributed by atoms with Gasteiger partial charge in [0.1, 0.15) is 6.04 Å². The Labute approximate surface area is 114 Å². The second-order valence-corrected chi connectivity index (χ2v) is 4.46. The van der Waals surface area contributed by atoms with Crippen molar-refractivity contribution >= 4 is 5.97 Å². The summed E-state index contributed by atoms with van der Waals surface area (Å²) >= 11 is 0. The van der Waals surface area contributed by atoms with Crippen molar-refractivity contribution in [2.45, 2.75) is 31.7 Å². The van der Waals surface area contributed by atoms with E-state index in [1.807, 2.05) is 30.3 Å². The number of unbranched alkanes of at least 4 members (excludes halogenated alkanes) is 3. The van der Waals surface area contributed by atoms with Gasteiger partial charge in [0.2, 0.25) is 0 Å². The van der Waals surface area contributed by atoms with Crippen LogP contribution >= 0.6 is 0 Å². The molecular weight excluding hydrogens is 242 g/mol. The smallest absolute Gasteiger partial charge is 0.327 e. The van der Waals surface area contributed by atoms with Gasteiger partial charge in [-0.05, 0) is 24.9 Å². The van der Waals surface area contributed by atoms with Gasteiger partial charge in [-0.25, -0.2) is 4.79 Å². The van der Waals surface area contributed by atoms with Gasteiger partial charge in [0, 0.05) is 6.61 Å². The van der Waals surface area contributed by atoms with Crippen LogP contribution in [0, 0.1) is 0 Å². The molecule has 0 bridgehead atoms. The molecule has 4 nitrogen and oxygen atoms in total. The Morgan fingerprint density at radius 1 is 1.21 bits per heavy atom. The second-order valence-electron chi connectivity index (χ2n) is 4.46. The molecule has 0 aromatic heterocycles. The van der Waals surface area contributed by atoms with E-state index >= 15 is 0 Å². The Morgan fingerprint density at radius 2 is 1.89 bits per heavy atom. The number of carbonyl (C=O) groups excluding carboxylic acids is 1. The third-order valence-corrected chi connectivity index (χ3v) is 3.00. The topological polar surface area (TPSA) is 58.6 Å². The quantitative estimate of drug-likeness (QED) is 0.530. The molecule has 0 aliphatic rings. The van der Waals surface area contributed by atoms with E-state index in [4.69, 9.17) is 9.84 Å². The predicted molar refractivity (Wildman–Crippen MR) is 74.8 cm³/mol. The number of aliphatic hydroxyl groups excluding tert-OH is 1. The van der Waals surface area contributed by atoms with Crippen molar-refractivity contribution < 1.29 is 14.6 Å². The molecular formula is C15H23NO3. The van der Waals surface area contributed by atoms with Crippen molar-refractivity contribution in [3.05, 3.63) is 35.9 Å². The van der Waals surface area contributed by atoms with Crippen LogP contribution < -0.4 is 5.32 Å². The van der Waals surface area contributed by atoms with Crippen LogP contribution in [0.5, 0.6) is 0 Å². The van der Waals surface area contributed by atoms with Crippen molar-refractivity contribution in [1.82, 2.24) is 5.32 Å². The lowest BCUT2D eigenvalue weighted by molar-refractivity contribution is -0.143. The Kier molecular flexibility index (Phi) is 7.86. The first-order valence-corrected chi connectivity index (χ1v) is 6.76. The molecule has 1 rings (SSSR count). The Bertz CT molecular complexity index is 354. The van der Waals surface area contributed by atoms with Crippen molar-refractivity contribution in [3.8, 4) is 0 Å². The fourth-order valence-corrected chi connectivity index (χ4v) is 1.94. The van der Waals surface area contributed by atoms with Gasteiger partial charge in [0.15, 0.2) is 0 Å². The van der Waals surface area contributed by atoms with E-state index in [0.29, 0.717) is 0 Å². The molecule has 0 aliphatic carbocycles. The number of aliphatic hydroxyl groups is 1. The summed E-state index contributed by atoms with van der Waals surface area (Å²) in [4.78, 5) is 11.8. The van der Waals surface area contributed by atoms with E-state index in [2.05, 4.69) is 5.32 Å². The van der Waals surface area contributed by atoms with E-state index in [1.165, 1.54) is 7.11 Å². The number of nitrogens with one attached hydrogen (secondary N) is 1. The molecule has 0 amide bonds.